The van der Waals surface area contributed by atoms with Gasteiger partial charge in [0.05, 0.1) is 34.6 Å². The van der Waals surface area contributed by atoms with E-state index in [1.165, 1.54) is 141 Å². The molecule has 0 aliphatic heterocycles. The Morgan fingerprint density at radius 2 is 0.726 bits per heavy atom. The SMILES string of the molecule is Cc1cc(C)cc(N(c2ccc(C#N)cc2)c2cc(C3CCCCC3)c3ccc4c(N(c5ccc(C#N)cc5)c5cc(C)cc(C)c5)cc(C5CCCCC5)c5ccc2c3c54)c1. The molecule has 4 nitrogen and oxygen atoms in total. The van der Waals surface area contributed by atoms with Crippen LogP contribution in [0.15, 0.2) is 121 Å². The van der Waals surface area contributed by atoms with Gasteiger partial charge in [-0.3, -0.25) is 0 Å². The van der Waals surface area contributed by atoms with E-state index < -0.39 is 0 Å². The van der Waals surface area contributed by atoms with Crippen molar-refractivity contribution < 1.29 is 0 Å². The Bertz CT molecular complexity index is 2790. The van der Waals surface area contributed by atoms with Crippen molar-refractivity contribution in [1.29, 1.82) is 10.5 Å². The molecular weight excluding hydrogens is 753 g/mol. The zero-order valence-electron chi connectivity index (χ0n) is 36.6. The van der Waals surface area contributed by atoms with Gasteiger partial charge in [-0.2, -0.15) is 10.5 Å². The van der Waals surface area contributed by atoms with E-state index in [4.69, 9.17) is 0 Å². The van der Waals surface area contributed by atoms with Crippen LogP contribution in [0.3, 0.4) is 0 Å². The number of rotatable bonds is 8. The average Bonchev–Trinajstić information content (AvgIpc) is 3.29. The summed E-state index contributed by atoms with van der Waals surface area (Å²) in [5.74, 6) is 0.939. The number of hydrogen-bond acceptors (Lipinski definition) is 4. The fourth-order valence-corrected chi connectivity index (χ4v) is 11.3. The molecule has 2 fully saturated rings. The first-order valence-electron chi connectivity index (χ1n) is 22.8. The van der Waals surface area contributed by atoms with E-state index >= 15 is 0 Å². The highest BCUT2D eigenvalue weighted by Gasteiger charge is 2.29. The van der Waals surface area contributed by atoms with Gasteiger partial charge in [-0.05, 0) is 205 Å². The highest BCUT2D eigenvalue weighted by molar-refractivity contribution is 6.29. The third-order valence-electron chi connectivity index (χ3n) is 13.9. The summed E-state index contributed by atoms with van der Waals surface area (Å²) in [6.45, 7) is 8.76. The first-order valence-corrected chi connectivity index (χ1v) is 22.8. The van der Waals surface area contributed by atoms with Crippen LogP contribution in [0, 0.1) is 50.4 Å². The molecule has 0 saturated heterocycles. The molecule has 8 aromatic rings. The molecule has 0 spiro atoms. The van der Waals surface area contributed by atoms with E-state index in [1.54, 1.807) is 0 Å². The third-order valence-corrected chi connectivity index (χ3v) is 13.9. The molecule has 4 heteroatoms. The van der Waals surface area contributed by atoms with Crippen LogP contribution in [0.5, 0.6) is 0 Å². The smallest absolute Gasteiger partial charge is 0.0991 e. The maximum absolute atomic E-state index is 9.85. The third kappa shape index (κ3) is 7.12. The summed E-state index contributed by atoms with van der Waals surface area (Å²) in [6, 6.07) is 49.6. The fraction of sp³-hybridized carbons (Fsp3) is 0.276. The van der Waals surface area contributed by atoms with E-state index in [0.717, 1.165) is 22.7 Å². The van der Waals surface area contributed by atoms with Crippen LogP contribution in [0.25, 0.3) is 32.3 Å². The second-order valence-electron chi connectivity index (χ2n) is 18.4. The molecule has 0 bridgehead atoms. The lowest BCUT2D eigenvalue weighted by atomic mass is 9.77. The van der Waals surface area contributed by atoms with Crippen LogP contribution in [0.1, 0.15) is 121 Å². The van der Waals surface area contributed by atoms with Gasteiger partial charge in [0, 0.05) is 33.5 Å². The summed E-state index contributed by atoms with van der Waals surface area (Å²) < 4.78 is 0. The summed E-state index contributed by atoms with van der Waals surface area (Å²) in [7, 11) is 0. The Balaban J connectivity index is 1.34. The lowest BCUT2D eigenvalue weighted by Crippen LogP contribution is -2.15. The fourth-order valence-electron chi connectivity index (χ4n) is 11.3. The quantitative estimate of drug-likeness (QED) is 0.144. The molecule has 0 N–H and O–H groups in total. The van der Waals surface area contributed by atoms with Crippen molar-refractivity contribution in [2.75, 3.05) is 9.80 Å². The van der Waals surface area contributed by atoms with Crippen LogP contribution in [-0.2, 0) is 0 Å². The van der Waals surface area contributed by atoms with Gasteiger partial charge in [-0.25, -0.2) is 0 Å². The summed E-state index contributed by atoms with van der Waals surface area (Å²) >= 11 is 0. The number of nitriles is 2. The Hall–Kier alpha value is -6.62. The van der Waals surface area contributed by atoms with Gasteiger partial charge in [0.25, 0.3) is 0 Å². The zero-order chi connectivity index (χ0) is 42.5. The van der Waals surface area contributed by atoms with Crippen molar-refractivity contribution in [1.82, 2.24) is 0 Å². The van der Waals surface area contributed by atoms with Crippen LogP contribution in [-0.4, -0.2) is 0 Å². The topological polar surface area (TPSA) is 54.1 Å². The van der Waals surface area contributed by atoms with Crippen LogP contribution in [0.2, 0.25) is 0 Å². The molecular formula is C58H54N4. The molecule has 306 valence electrons. The minimum Gasteiger partial charge on any atom is -0.310 e. The van der Waals surface area contributed by atoms with Crippen molar-refractivity contribution in [3.8, 4) is 12.1 Å². The molecule has 10 rings (SSSR count). The predicted molar refractivity (Wildman–Crippen MR) is 260 cm³/mol. The normalized spacial score (nSPS) is 14.9. The summed E-state index contributed by atoms with van der Waals surface area (Å²) in [5.41, 5.74) is 15.8. The average molecular weight is 807 g/mol. The maximum atomic E-state index is 9.85. The van der Waals surface area contributed by atoms with Crippen molar-refractivity contribution in [2.45, 2.75) is 104 Å². The molecule has 0 atom stereocenters. The molecule has 62 heavy (non-hydrogen) atoms. The van der Waals surface area contributed by atoms with E-state index in [-0.39, 0.29) is 0 Å². The molecule has 0 amide bonds. The number of aryl methyl sites for hydroxylation is 4. The first kappa shape index (κ1) is 39.5. The minimum absolute atomic E-state index is 0.469. The highest BCUT2D eigenvalue weighted by atomic mass is 15.2. The summed E-state index contributed by atoms with van der Waals surface area (Å²) in [5, 5.41) is 27.6. The summed E-state index contributed by atoms with van der Waals surface area (Å²) in [6.07, 6.45) is 12.4. The first-order chi connectivity index (χ1) is 30.3. The van der Waals surface area contributed by atoms with Crippen LogP contribution < -0.4 is 9.80 Å². The largest absolute Gasteiger partial charge is 0.310 e. The predicted octanol–water partition coefficient (Wildman–Crippen LogP) is 16.6. The van der Waals surface area contributed by atoms with E-state index in [0.29, 0.717) is 23.0 Å². The van der Waals surface area contributed by atoms with E-state index in [2.05, 4.69) is 147 Å². The van der Waals surface area contributed by atoms with Crippen molar-refractivity contribution in [2.24, 2.45) is 0 Å². The van der Waals surface area contributed by atoms with Gasteiger partial charge in [0.2, 0.25) is 0 Å². The number of benzene rings is 8. The standard InChI is InChI=1S/C58H54N4/c1-37-27-38(2)30-47(29-37)61(45-19-15-41(35-59)16-20-45)55-33-53(43-11-7-5-8-12-43)49-24-26-52-56(34-54(44-13-9-6-10-14-44)50-23-25-51(55)57(49)58(50)52)62(46-21-17-42(36-60)18-22-46)48-31-39(3)28-40(4)32-48/h15-34,43-44H,5-14H2,1-4H3. The lowest BCUT2D eigenvalue weighted by molar-refractivity contribution is 0.445. The van der Waals surface area contributed by atoms with Crippen molar-refractivity contribution in [3.63, 3.8) is 0 Å². The minimum atomic E-state index is 0.469. The molecule has 0 unspecified atom stereocenters. The van der Waals surface area contributed by atoms with Gasteiger partial charge in [0.1, 0.15) is 0 Å². The molecule has 0 radical (unpaired) electrons. The molecule has 2 saturated carbocycles. The Labute approximate surface area is 367 Å². The second-order valence-corrected chi connectivity index (χ2v) is 18.4. The van der Waals surface area contributed by atoms with E-state index in [9.17, 15) is 10.5 Å². The molecule has 0 aromatic heterocycles. The van der Waals surface area contributed by atoms with Crippen LogP contribution >= 0.6 is 0 Å². The Morgan fingerprint density at radius 1 is 0.387 bits per heavy atom. The second kappa shape index (κ2) is 16.3. The van der Waals surface area contributed by atoms with Crippen molar-refractivity contribution >= 4 is 66.4 Å². The number of hydrogen-bond donors (Lipinski definition) is 0. The van der Waals surface area contributed by atoms with Gasteiger partial charge in [0.15, 0.2) is 0 Å². The molecule has 8 aromatic carbocycles. The monoisotopic (exact) mass is 806 g/mol. The Kier molecular flexibility index (Phi) is 10.4. The summed E-state index contributed by atoms with van der Waals surface area (Å²) in [4.78, 5) is 4.92. The van der Waals surface area contributed by atoms with Gasteiger partial charge < -0.3 is 9.80 Å². The zero-order valence-corrected chi connectivity index (χ0v) is 36.6. The molecule has 0 heterocycles. The number of nitrogens with zero attached hydrogens (tertiary/aromatic N) is 4. The van der Waals surface area contributed by atoms with Gasteiger partial charge in [-0.15, -0.1) is 0 Å². The van der Waals surface area contributed by atoms with E-state index in [1.807, 2.05) is 24.3 Å². The Morgan fingerprint density at radius 3 is 1.06 bits per heavy atom. The number of anilines is 6. The highest BCUT2D eigenvalue weighted by Crippen LogP contribution is 2.53. The molecule has 2 aliphatic carbocycles. The lowest BCUT2D eigenvalue weighted by Gasteiger charge is -2.33. The van der Waals surface area contributed by atoms with Crippen molar-refractivity contribution in [3.05, 3.63) is 166 Å². The van der Waals surface area contributed by atoms with Crippen LogP contribution in [0.4, 0.5) is 34.1 Å². The van der Waals surface area contributed by atoms with Gasteiger partial charge >= 0.3 is 0 Å². The molecule has 2 aliphatic rings. The maximum Gasteiger partial charge on any atom is 0.0991 e. The van der Waals surface area contributed by atoms with Gasteiger partial charge in [-0.1, -0.05) is 74.9 Å².